The number of benzene rings is 1. The summed E-state index contributed by atoms with van der Waals surface area (Å²) in [5.41, 5.74) is 1.30. The number of hydrogen-bond acceptors (Lipinski definition) is 3. The van der Waals surface area contributed by atoms with Crippen LogP contribution in [-0.4, -0.2) is 24.5 Å². The quantitative estimate of drug-likeness (QED) is 0.727. The van der Waals surface area contributed by atoms with E-state index in [1.54, 1.807) is 11.8 Å². The molecular weight excluding hydrogens is 206 g/mol. The van der Waals surface area contributed by atoms with Gasteiger partial charge in [-0.2, -0.15) is 0 Å². The lowest BCUT2D eigenvalue weighted by Gasteiger charge is -2.08. The van der Waals surface area contributed by atoms with Gasteiger partial charge < -0.3 is 10.4 Å². The first-order valence-corrected chi connectivity index (χ1v) is 6.22. The van der Waals surface area contributed by atoms with Gasteiger partial charge in [0, 0.05) is 23.8 Å². The van der Waals surface area contributed by atoms with E-state index in [-0.39, 0.29) is 6.61 Å². The summed E-state index contributed by atoms with van der Waals surface area (Å²) < 4.78 is 0. The predicted octanol–water partition coefficient (Wildman–Crippen LogP) is 2.13. The van der Waals surface area contributed by atoms with Crippen LogP contribution in [0.15, 0.2) is 29.2 Å². The van der Waals surface area contributed by atoms with E-state index in [0.29, 0.717) is 5.92 Å². The van der Waals surface area contributed by atoms with Gasteiger partial charge in [0.05, 0.1) is 0 Å². The van der Waals surface area contributed by atoms with E-state index in [1.165, 1.54) is 10.5 Å². The molecule has 0 aliphatic carbocycles. The third kappa shape index (κ3) is 4.69. The highest BCUT2D eigenvalue weighted by molar-refractivity contribution is 7.99. The van der Waals surface area contributed by atoms with Crippen molar-refractivity contribution in [2.75, 3.05) is 19.4 Å². The molecule has 3 heteroatoms. The summed E-state index contributed by atoms with van der Waals surface area (Å²) in [5.74, 6) is 1.34. The maximum absolute atomic E-state index is 8.93. The number of hydrogen-bond donors (Lipinski definition) is 2. The van der Waals surface area contributed by atoms with E-state index in [1.807, 2.05) is 7.05 Å². The van der Waals surface area contributed by atoms with Crippen LogP contribution in [0.25, 0.3) is 0 Å². The Kier molecular flexibility index (Phi) is 5.76. The lowest BCUT2D eigenvalue weighted by Crippen LogP contribution is -2.05. The first-order chi connectivity index (χ1) is 7.26. The molecule has 1 rings (SSSR count). The van der Waals surface area contributed by atoms with E-state index < -0.39 is 0 Å². The van der Waals surface area contributed by atoms with Crippen molar-refractivity contribution in [3.63, 3.8) is 0 Å². The molecule has 0 bridgehead atoms. The molecule has 2 N–H and O–H groups in total. The molecule has 0 aromatic heterocycles. The van der Waals surface area contributed by atoms with E-state index in [0.717, 1.165) is 12.3 Å². The van der Waals surface area contributed by atoms with E-state index in [9.17, 15) is 0 Å². The molecular formula is C12H19NOS. The molecule has 15 heavy (non-hydrogen) atoms. The van der Waals surface area contributed by atoms with Crippen LogP contribution in [0.2, 0.25) is 0 Å². The number of aliphatic hydroxyl groups is 1. The van der Waals surface area contributed by atoms with Crippen LogP contribution in [-0.2, 0) is 6.54 Å². The standard InChI is InChI=1S/C12H19NOS/c1-10(8-14)9-15-12-5-3-4-11(6-12)7-13-2/h3-6,10,13-14H,7-9H2,1-2H3. The molecule has 1 unspecified atom stereocenters. The molecule has 1 aromatic rings. The van der Waals surface area contributed by atoms with E-state index in [4.69, 9.17) is 5.11 Å². The second kappa shape index (κ2) is 6.88. The maximum atomic E-state index is 8.93. The zero-order chi connectivity index (χ0) is 11.1. The second-order valence-electron chi connectivity index (χ2n) is 3.78. The van der Waals surface area contributed by atoms with Crippen molar-refractivity contribution in [2.45, 2.75) is 18.4 Å². The highest BCUT2D eigenvalue weighted by Gasteiger charge is 2.01. The molecule has 0 saturated carbocycles. The van der Waals surface area contributed by atoms with Crippen LogP contribution in [0.1, 0.15) is 12.5 Å². The Morgan fingerprint density at radius 2 is 2.27 bits per heavy atom. The first kappa shape index (κ1) is 12.6. The Morgan fingerprint density at radius 3 is 2.93 bits per heavy atom. The topological polar surface area (TPSA) is 32.3 Å². The SMILES string of the molecule is CNCc1cccc(SCC(C)CO)c1. The molecule has 0 radical (unpaired) electrons. The van der Waals surface area contributed by atoms with Crippen LogP contribution < -0.4 is 5.32 Å². The molecule has 0 aliphatic heterocycles. The lowest BCUT2D eigenvalue weighted by molar-refractivity contribution is 0.250. The van der Waals surface area contributed by atoms with Crippen molar-refractivity contribution in [3.05, 3.63) is 29.8 Å². The van der Waals surface area contributed by atoms with Crippen LogP contribution in [0.3, 0.4) is 0 Å². The van der Waals surface area contributed by atoms with Crippen molar-refractivity contribution in [2.24, 2.45) is 5.92 Å². The lowest BCUT2D eigenvalue weighted by atomic mass is 10.2. The first-order valence-electron chi connectivity index (χ1n) is 5.23. The van der Waals surface area contributed by atoms with Gasteiger partial charge >= 0.3 is 0 Å². The minimum atomic E-state index is 0.267. The highest BCUT2D eigenvalue weighted by Crippen LogP contribution is 2.21. The van der Waals surface area contributed by atoms with Crippen molar-refractivity contribution in [1.29, 1.82) is 0 Å². The molecule has 0 fully saturated rings. The minimum absolute atomic E-state index is 0.267. The molecule has 1 atom stereocenters. The third-order valence-corrected chi connectivity index (χ3v) is 3.45. The fourth-order valence-electron chi connectivity index (χ4n) is 1.24. The molecule has 0 saturated heterocycles. The van der Waals surface area contributed by atoms with Gasteiger partial charge in [-0.05, 0) is 30.7 Å². The normalized spacial score (nSPS) is 12.7. The fourth-order valence-corrected chi connectivity index (χ4v) is 2.23. The zero-order valence-corrected chi connectivity index (χ0v) is 10.2. The zero-order valence-electron chi connectivity index (χ0n) is 9.36. The van der Waals surface area contributed by atoms with Gasteiger partial charge in [-0.25, -0.2) is 0 Å². The molecule has 0 heterocycles. The number of aliphatic hydroxyl groups excluding tert-OH is 1. The fraction of sp³-hybridized carbons (Fsp3) is 0.500. The van der Waals surface area contributed by atoms with Gasteiger partial charge in [0.25, 0.3) is 0 Å². The summed E-state index contributed by atoms with van der Waals surface area (Å²) in [7, 11) is 1.95. The largest absolute Gasteiger partial charge is 0.396 e. The second-order valence-corrected chi connectivity index (χ2v) is 4.87. The van der Waals surface area contributed by atoms with Crippen molar-refractivity contribution in [1.82, 2.24) is 5.32 Å². The third-order valence-electron chi connectivity index (χ3n) is 2.13. The Morgan fingerprint density at radius 1 is 1.47 bits per heavy atom. The summed E-state index contributed by atoms with van der Waals surface area (Å²) in [6.07, 6.45) is 0. The minimum Gasteiger partial charge on any atom is -0.396 e. The van der Waals surface area contributed by atoms with E-state index >= 15 is 0 Å². The van der Waals surface area contributed by atoms with Crippen LogP contribution in [0, 0.1) is 5.92 Å². The Hall–Kier alpha value is -0.510. The average Bonchev–Trinajstić information content (AvgIpc) is 2.27. The summed E-state index contributed by atoms with van der Waals surface area (Å²) in [6.45, 7) is 3.23. The average molecular weight is 225 g/mol. The van der Waals surface area contributed by atoms with Gasteiger partial charge in [0.2, 0.25) is 0 Å². The number of nitrogens with one attached hydrogen (secondary N) is 1. The Bertz CT molecular complexity index is 291. The smallest absolute Gasteiger partial charge is 0.0464 e. The van der Waals surface area contributed by atoms with Crippen molar-refractivity contribution < 1.29 is 5.11 Å². The van der Waals surface area contributed by atoms with Gasteiger partial charge in [-0.15, -0.1) is 11.8 Å². The summed E-state index contributed by atoms with van der Waals surface area (Å²) >= 11 is 1.81. The summed E-state index contributed by atoms with van der Waals surface area (Å²) in [4.78, 5) is 1.28. The summed E-state index contributed by atoms with van der Waals surface area (Å²) in [5, 5.41) is 12.1. The predicted molar refractivity (Wildman–Crippen MR) is 66.2 cm³/mol. The van der Waals surface area contributed by atoms with Crippen LogP contribution >= 0.6 is 11.8 Å². The molecule has 0 amide bonds. The highest BCUT2D eigenvalue weighted by atomic mass is 32.2. The van der Waals surface area contributed by atoms with E-state index in [2.05, 4.69) is 36.5 Å². The molecule has 0 spiro atoms. The Balaban J connectivity index is 2.50. The van der Waals surface area contributed by atoms with Crippen molar-refractivity contribution in [3.8, 4) is 0 Å². The summed E-state index contributed by atoms with van der Waals surface area (Å²) in [6, 6.07) is 8.52. The van der Waals surface area contributed by atoms with Gasteiger partial charge in [0.15, 0.2) is 0 Å². The van der Waals surface area contributed by atoms with Gasteiger partial charge in [-0.3, -0.25) is 0 Å². The van der Waals surface area contributed by atoms with Crippen molar-refractivity contribution >= 4 is 11.8 Å². The van der Waals surface area contributed by atoms with Crippen LogP contribution in [0.5, 0.6) is 0 Å². The molecule has 0 aliphatic rings. The number of rotatable bonds is 6. The maximum Gasteiger partial charge on any atom is 0.0464 e. The Labute approximate surface area is 96.1 Å². The molecule has 84 valence electrons. The monoisotopic (exact) mass is 225 g/mol. The number of thioether (sulfide) groups is 1. The molecule has 2 nitrogen and oxygen atoms in total. The van der Waals surface area contributed by atoms with Gasteiger partial charge in [0.1, 0.15) is 0 Å². The van der Waals surface area contributed by atoms with Crippen LogP contribution in [0.4, 0.5) is 0 Å². The molecule has 1 aromatic carbocycles. The van der Waals surface area contributed by atoms with Gasteiger partial charge in [-0.1, -0.05) is 19.1 Å².